The Morgan fingerprint density at radius 3 is 1.53 bits per heavy atom. The molecular formula is C39H50O21. The topological polar surface area (TPSA) is 331 Å². The van der Waals surface area contributed by atoms with Crippen LogP contribution in [0.15, 0.2) is 48.6 Å². The number of aliphatic hydroxyl groups excluding tert-OH is 10. The standard InChI is InChI=1S/C39H50O21/c1-53-23-11-17(5-9-21(23)45)3-7-19(43)13-20(44)8-4-18-6-10-22(24(12-18)54-2)55-38-33(51)35(29(47)26(15-41)57-38)60-39-34(52)36(30(48)27(16-42)58-39)59-37-32(50)31(49)28(46)25(14-40)56-37/h3-12,25-42,45-52H,13-16H2,1-2H3/b7-3+,8-4+/t25-,26-,27-,28-,29-,30-,31+,32-,33-,34-,35+,36+,37+,38-,39+/m1/s1. The van der Waals surface area contributed by atoms with E-state index >= 15 is 0 Å². The maximum absolute atomic E-state index is 12.6. The van der Waals surface area contributed by atoms with E-state index in [0.717, 1.165) is 0 Å². The van der Waals surface area contributed by atoms with E-state index in [-0.39, 0.29) is 23.0 Å². The highest BCUT2D eigenvalue weighted by Gasteiger charge is 2.54. The second-order valence-corrected chi connectivity index (χ2v) is 14.0. The summed E-state index contributed by atoms with van der Waals surface area (Å²) in [5.41, 5.74) is 1.00. The zero-order valence-electron chi connectivity index (χ0n) is 32.3. The summed E-state index contributed by atoms with van der Waals surface area (Å²) in [6.07, 6.45) is -21.6. The number of phenolic OH excluding ortho intramolecular Hbond substituents is 1. The predicted octanol–water partition coefficient (Wildman–Crippen LogP) is -3.51. The fourth-order valence-electron chi connectivity index (χ4n) is 6.60. The number of carbonyl (C=O) groups excluding carboxylic acids is 2. The lowest BCUT2D eigenvalue weighted by atomic mass is 9.96. The second kappa shape index (κ2) is 21.1. The molecule has 0 spiro atoms. The van der Waals surface area contributed by atoms with Gasteiger partial charge in [0.15, 0.2) is 47.1 Å². The van der Waals surface area contributed by atoms with Crippen LogP contribution in [-0.2, 0) is 33.3 Å². The van der Waals surface area contributed by atoms with Crippen molar-refractivity contribution in [1.82, 2.24) is 0 Å². The van der Waals surface area contributed by atoms with Crippen LogP contribution in [0, 0.1) is 0 Å². The second-order valence-electron chi connectivity index (χ2n) is 14.0. The number of aliphatic hydroxyl groups is 10. The zero-order valence-corrected chi connectivity index (χ0v) is 32.3. The van der Waals surface area contributed by atoms with E-state index in [0.29, 0.717) is 11.1 Å². The number of methoxy groups -OCH3 is 2. The highest BCUT2D eigenvalue weighted by atomic mass is 16.8. The van der Waals surface area contributed by atoms with Gasteiger partial charge in [0.25, 0.3) is 0 Å². The number of ketones is 2. The van der Waals surface area contributed by atoms with Crippen molar-refractivity contribution in [2.45, 2.75) is 98.5 Å². The first-order valence-electron chi connectivity index (χ1n) is 18.6. The van der Waals surface area contributed by atoms with E-state index < -0.39 is 130 Å². The lowest BCUT2D eigenvalue weighted by Gasteiger charge is -2.48. The minimum Gasteiger partial charge on any atom is -0.504 e. The molecule has 3 fully saturated rings. The Morgan fingerprint density at radius 1 is 0.567 bits per heavy atom. The van der Waals surface area contributed by atoms with Gasteiger partial charge in [-0.2, -0.15) is 0 Å². The molecule has 0 aromatic heterocycles. The first kappa shape index (κ1) is 46.9. The monoisotopic (exact) mass is 854 g/mol. The number of hydrogen-bond acceptors (Lipinski definition) is 21. The number of benzene rings is 2. The Labute approximate surface area is 342 Å². The van der Waals surface area contributed by atoms with Crippen molar-refractivity contribution in [3.63, 3.8) is 0 Å². The number of aromatic hydroxyl groups is 1. The van der Waals surface area contributed by atoms with Gasteiger partial charge in [0, 0.05) is 0 Å². The summed E-state index contributed by atoms with van der Waals surface area (Å²) < 4.78 is 44.2. The third-order valence-corrected chi connectivity index (χ3v) is 9.98. The molecule has 332 valence electrons. The molecule has 0 saturated carbocycles. The van der Waals surface area contributed by atoms with Gasteiger partial charge in [-0.05, 0) is 47.5 Å². The van der Waals surface area contributed by atoms with Gasteiger partial charge in [0.05, 0.1) is 40.5 Å². The summed E-state index contributed by atoms with van der Waals surface area (Å²) in [6.45, 7) is -2.50. The van der Waals surface area contributed by atoms with Crippen LogP contribution < -0.4 is 14.2 Å². The van der Waals surface area contributed by atoms with Gasteiger partial charge in [0.2, 0.25) is 6.29 Å². The Morgan fingerprint density at radius 2 is 1.02 bits per heavy atom. The van der Waals surface area contributed by atoms with Crippen molar-refractivity contribution in [2.24, 2.45) is 0 Å². The Hall–Kier alpha value is -4.14. The number of carbonyl (C=O) groups is 2. The lowest BCUT2D eigenvalue weighted by molar-refractivity contribution is -0.378. The average molecular weight is 855 g/mol. The van der Waals surface area contributed by atoms with Crippen LogP contribution in [0.25, 0.3) is 12.2 Å². The fraction of sp³-hybridized carbons (Fsp3) is 0.538. The number of hydrogen-bond donors (Lipinski definition) is 11. The van der Waals surface area contributed by atoms with Crippen molar-refractivity contribution in [3.05, 3.63) is 59.7 Å². The van der Waals surface area contributed by atoms with E-state index in [4.69, 9.17) is 37.9 Å². The molecule has 21 heteroatoms. The molecule has 0 amide bonds. The molecule has 2 aromatic rings. The van der Waals surface area contributed by atoms with Gasteiger partial charge >= 0.3 is 0 Å². The molecular weight excluding hydrogens is 804 g/mol. The van der Waals surface area contributed by atoms with Gasteiger partial charge in [-0.15, -0.1) is 0 Å². The number of allylic oxidation sites excluding steroid dienone is 2. The van der Waals surface area contributed by atoms with E-state index in [1.54, 1.807) is 6.07 Å². The van der Waals surface area contributed by atoms with Crippen LogP contribution in [0.1, 0.15) is 17.5 Å². The third-order valence-electron chi connectivity index (χ3n) is 9.98. The molecule has 60 heavy (non-hydrogen) atoms. The average Bonchev–Trinajstić information content (AvgIpc) is 3.24. The quantitative estimate of drug-likeness (QED) is 0.0543. The summed E-state index contributed by atoms with van der Waals surface area (Å²) >= 11 is 0. The normalized spacial score (nSPS) is 34.8. The minimum atomic E-state index is -2.01. The highest BCUT2D eigenvalue weighted by molar-refractivity contribution is 6.10. The van der Waals surface area contributed by atoms with Gasteiger partial charge in [-0.25, -0.2) is 0 Å². The Balaban J connectivity index is 1.25. The summed E-state index contributed by atoms with van der Waals surface area (Å²) in [7, 11) is 2.69. The molecule has 3 saturated heterocycles. The Bertz CT molecular complexity index is 1800. The van der Waals surface area contributed by atoms with Crippen LogP contribution in [-0.4, -0.2) is 194 Å². The molecule has 3 aliphatic heterocycles. The smallest absolute Gasteiger partial charge is 0.229 e. The molecule has 5 rings (SSSR count). The van der Waals surface area contributed by atoms with Crippen molar-refractivity contribution in [1.29, 1.82) is 0 Å². The van der Waals surface area contributed by atoms with Crippen LogP contribution in [0.4, 0.5) is 0 Å². The van der Waals surface area contributed by atoms with E-state index in [1.807, 2.05) is 0 Å². The molecule has 3 aliphatic rings. The van der Waals surface area contributed by atoms with Crippen LogP contribution >= 0.6 is 0 Å². The summed E-state index contributed by atoms with van der Waals surface area (Å²) in [5, 5.41) is 114. The van der Waals surface area contributed by atoms with Crippen molar-refractivity contribution in [2.75, 3.05) is 34.0 Å². The van der Waals surface area contributed by atoms with Crippen LogP contribution in [0.3, 0.4) is 0 Å². The molecule has 3 heterocycles. The summed E-state index contributed by atoms with van der Waals surface area (Å²) in [4.78, 5) is 25.0. The number of phenols is 1. The minimum absolute atomic E-state index is 0.0200. The Kier molecular flexibility index (Phi) is 16.5. The zero-order chi connectivity index (χ0) is 43.8. The molecule has 0 radical (unpaired) electrons. The van der Waals surface area contributed by atoms with Crippen LogP contribution in [0.5, 0.6) is 23.0 Å². The lowest BCUT2D eigenvalue weighted by Crippen LogP contribution is -2.67. The van der Waals surface area contributed by atoms with Crippen molar-refractivity contribution >= 4 is 23.7 Å². The van der Waals surface area contributed by atoms with Crippen LogP contribution in [0.2, 0.25) is 0 Å². The molecule has 0 bridgehead atoms. The maximum atomic E-state index is 12.6. The van der Waals surface area contributed by atoms with E-state index in [1.165, 1.54) is 68.9 Å². The molecule has 11 N–H and O–H groups in total. The van der Waals surface area contributed by atoms with Gasteiger partial charge in [-0.3, -0.25) is 9.59 Å². The summed E-state index contributed by atoms with van der Waals surface area (Å²) in [6, 6.07) is 8.85. The van der Waals surface area contributed by atoms with Gasteiger partial charge < -0.3 is 94.1 Å². The SMILES string of the molecule is COc1cc(/C=C/C(=O)CC(=O)/C=C/c2ccc(O[C@@H]3O[C@H](CO)[C@@H](O)[C@H](O[C@@H]4O[C@H](CO)[C@@H](O)[C@H](O[C@@H]5O[C@H](CO)[C@@H](O)[C@H](O)[C@H]5O)[C@H]4O)[C@H]3O)c(OC)c2)ccc1O. The molecule has 0 unspecified atom stereocenters. The molecule has 21 nitrogen and oxygen atoms in total. The first-order chi connectivity index (χ1) is 28.6. The van der Waals surface area contributed by atoms with Gasteiger partial charge in [-0.1, -0.05) is 24.3 Å². The maximum Gasteiger partial charge on any atom is 0.229 e. The number of ether oxygens (including phenoxy) is 8. The molecule has 15 atom stereocenters. The summed E-state index contributed by atoms with van der Waals surface area (Å²) in [5.74, 6) is -0.781. The first-order valence-corrected chi connectivity index (χ1v) is 18.6. The fourth-order valence-corrected chi connectivity index (χ4v) is 6.60. The van der Waals surface area contributed by atoms with Crippen molar-refractivity contribution in [3.8, 4) is 23.0 Å². The highest BCUT2D eigenvalue weighted by Crippen LogP contribution is 2.36. The van der Waals surface area contributed by atoms with E-state index in [9.17, 15) is 65.8 Å². The van der Waals surface area contributed by atoms with E-state index in [2.05, 4.69) is 0 Å². The predicted molar refractivity (Wildman–Crippen MR) is 200 cm³/mol. The molecule has 0 aliphatic carbocycles. The molecule has 2 aromatic carbocycles. The van der Waals surface area contributed by atoms with Crippen molar-refractivity contribution < 1.29 is 104 Å². The largest absolute Gasteiger partial charge is 0.504 e. The van der Waals surface area contributed by atoms with Gasteiger partial charge in [0.1, 0.15) is 73.2 Å². The number of rotatable bonds is 17. The third kappa shape index (κ3) is 10.8.